The number of anilines is 1. The first-order chi connectivity index (χ1) is 12.8. The first kappa shape index (κ1) is 20.9. The fourth-order valence-corrected chi connectivity index (χ4v) is 3.64. The van der Waals surface area contributed by atoms with Gasteiger partial charge in [0.1, 0.15) is 0 Å². The molecular weight excluding hydrogens is 362 g/mol. The van der Waals surface area contributed by atoms with E-state index in [9.17, 15) is 13.2 Å². The third-order valence-electron chi connectivity index (χ3n) is 4.40. The quantitative estimate of drug-likeness (QED) is 0.689. The van der Waals surface area contributed by atoms with E-state index >= 15 is 0 Å². The molecule has 0 aliphatic carbocycles. The highest BCUT2D eigenvalue weighted by molar-refractivity contribution is 7.89. The molecule has 0 aliphatic rings. The van der Waals surface area contributed by atoms with Gasteiger partial charge in [-0.05, 0) is 49.2 Å². The van der Waals surface area contributed by atoms with Gasteiger partial charge >= 0.3 is 0 Å². The zero-order valence-electron chi connectivity index (χ0n) is 16.0. The number of hydrogen-bond acceptors (Lipinski definition) is 4. The summed E-state index contributed by atoms with van der Waals surface area (Å²) in [5.41, 5.74) is 3.03. The number of benzene rings is 2. The van der Waals surface area contributed by atoms with Crippen molar-refractivity contribution in [1.29, 1.82) is 0 Å². The minimum Gasteiger partial charge on any atom is -0.373 e. The van der Waals surface area contributed by atoms with Crippen LogP contribution in [0.4, 0.5) is 5.69 Å². The summed E-state index contributed by atoms with van der Waals surface area (Å²) in [7, 11) is -1.65. The molecule has 2 rings (SSSR count). The number of hydrogen-bond donors (Lipinski definition) is 2. The number of amides is 1. The molecular formula is C20H27N3O3S. The third kappa shape index (κ3) is 6.37. The van der Waals surface area contributed by atoms with Crippen LogP contribution in [0.15, 0.2) is 53.4 Å². The van der Waals surface area contributed by atoms with Crippen molar-refractivity contribution in [3.8, 4) is 0 Å². The van der Waals surface area contributed by atoms with Crippen LogP contribution < -0.4 is 14.9 Å². The van der Waals surface area contributed by atoms with Gasteiger partial charge in [-0.1, -0.05) is 24.3 Å². The highest BCUT2D eigenvalue weighted by atomic mass is 32.2. The summed E-state index contributed by atoms with van der Waals surface area (Å²) in [6, 6.07) is 14.9. The van der Waals surface area contributed by atoms with Crippen molar-refractivity contribution in [2.24, 2.45) is 0 Å². The third-order valence-corrected chi connectivity index (χ3v) is 5.86. The maximum atomic E-state index is 12.3. The topological polar surface area (TPSA) is 78.5 Å². The van der Waals surface area contributed by atoms with Crippen LogP contribution in [0.5, 0.6) is 0 Å². The summed E-state index contributed by atoms with van der Waals surface area (Å²) >= 11 is 0. The fraction of sp³-hybridized carbons (Fsp3) is 0.350. The molecule has 27 heavy (non-hydrogen) atoms. The molecule has 0 unspecified atom stereocenters. The molecule has 7 heteroatoms. The molecule has 0 fully saturated rings. The summed E-state index contributed by atoms with van der Waals surface area (Å²) in [5, 5.41) is 2.81. The van der Waals surface area contributed by atoms with E-state index in [0.717, 1.165) is 16.8 Å². The van der Waals surface area contributed by atoms with Crippen LogP contribution >= 0.6 is 0 Å². The van der Waals surface area contributed by atoms with Crippen molar-refractivity contribution >= 4 is 21.6 Å². The summed E-state index contributed by atoms with van der Waals surface area (Å²) < 4.78 is 27.1. The van der Waals surface area contributed by atoms with Gasteiger partial charge in [-0.25, -0.2) is 13.1 Å². The monoisotopic (exact) mass is 389 g/mol. The minimum atomic E-state index is -3.60. The van der Waals surface area contributed by atoms with Gasteiger partial charge in [0, 0.05) is 38.8 Å². The number of carbonyl (C=O) groups excluding carboxylic acids is 1. The summed E-state index contributed by atoms with van der Waals surface area (Å²) in [5.74, 6) is -0.181. The van der Waals surface area contributed by atoms with Crippen LogP contribution in [-0.4, -0.2) is 41.0 Å². The number of carbonyl (C=O) groups is 1. The molecule has 2 aromatic rings. The smallest absolute Gasteiger partial charge is 0.240 e. The predicted molar refractivity (Wildman–Crippen MR) is 108 cm³/mol. The molecule has 146 valence electrons. The molecule has 0 aliphatic heterocycles. The van der Waals surface area contributed by atoms with Crippen molar-refractivity contribution in [3.05, 3.63) is 59.7 Å². The number of likely N-dealkylation sites (N-methyl/N-ethyl adjacent to an activating group) is 1. The van der Waals surface area contributed by atoms with E-state index in [1.807, 2.05) is 56.1 Å². The van der Waals surface area contributed by atoms with Crippen molar-refractivity contribution in [1.82, 2.24) is 10.0 Å². The molecule has 0 radical (unpaired) electrons. The molecule has 0 saturated heterocycles. The zero-order chi connectivity index (χ0) is 19.9. The van der Waals surface area contributed by atoms with Crippen LogP contribution in [0.2, 0.25) is 0 Å². The molecule has 0 atom stereocenters. The second-order valence-electron chi connectivity index (χ2n) is 6.50. The normalized spacial score (nSPS) is 11.2. The van der Waals surface area contributed by atoms with E-state index in [1.165, 1.54) is 0 Å². The van der Waals surface area contributed by atoms with E-state index in [1.54, 1.807) is 18.2 Å². The van der Waals surface area contributed by atoms with Crippen molar-refractivity contribution < 1.29 is 13.2 Å². The number of nitrogens with one attached hydrogen (secondary N) is 2. The van der Waals surface area contributed by atoms with Crippen LogP contribution in [0.25, 0.3) is 0 Å². The number of aryl methyl sites for hydroxylation is 2. The van der Waals surface area contributed by atoms with E-state index in [4.69, 9.17) is 0 Å². The lowest BCUT2D eigenvalue weighted by Gasteiger charge is -2.19. The number of para-hydroxylation sites is 1. The van der Waals surface area contributed by atoms with Crippen molar-refractivity contribution in [3.63, 3.8) is 0 Å². The molecule has 0 saturated carbocycles. The number of sulfonamides is 1. The number of nitrogens with zero attached hydrogens (tertiary/aromatic N) is 1. The van der Waals surface area contributed by atoms with Crippen LogP contribution in [0.1, 0.15) is 17.5 Å². The van der Waals surface area contributed by atoms with E-state index in [-0.39, 0.29) is 23.8 Å². The first-order valence-corrected chi connectivity index (χ1v) is 10.4. The van der Waals surface area contributed by atoms with E-state index in [2.05, 4.69) is 10.0 Å². The highest BCUT2D eigenvalue weighted by Gasteiger charge is 2.14. The zero-order valence-corrected chi connectivity index (χ0v) is 16.8. The second-order valence-corrected chi connectivity index (χ2v) is 8.27. The fourth-order valence-electron chi connectivity index (χ4n) is 2.53. The minimum absolute atomic E-state index is 0.0651. The van der Waals surface area contributed by atoms with Crippen LogP contribution in [-0.2, 0) is 14.8 Å². The van der Waals surface area contributed by atoms with E-state index < -0.39 is 10.0 Å². The van der Waals surface area contributed by atoms with Gasteiger partial charge < -0.3 is 10.2 Å². The molecule has 0 aromatic heterocycles. The average molecular weight is 390 g/mol. The standard InChI is InChI=1S/C20H27N3O3S/c1-16-9-10-19(15-17(16)2)27(25,26)22-12-11-20(24)21-13-14-23(3)18-7-5-4-6-8-18/h4-10,15,22H,11-14H2,1-3H3,(H,21,24). The van der Waals surface area contributed by atoms with Crippen molar-refractivity contribution in [2.45, 2.75) is 25.2 Å². The van der Waals surface area contributed by atoms with Crippen LogP contribution in [0, 0.1) is 13.8 Å². The second kappa shape index (κ2) is 9.53. The molecule has 0 spiro atoms. The molecule has 6 nitrogen and oxygen atoms in total. The Balaban J connectivity index is 1.73. The number of rotatable bonds is 9. The Morgan fingerprint density at radius 1 is 1.00 bits per heavy atom. The first-order valence-electron chi connectivity index (χ1n) is 8.89. The Bertz CT molecular complexity index is 867. The summed E-state index contributed by atoms with van der Waals surface area (Å²) in [4.78, 5) is 14.2. The molecule has 2 aromatic carbocycles. The van der Waals surface area contributed by atoms with E-state index in [0.29, 0.717) is 13.1 Å². The molecule has 2 N–H and O–H groups in total. The van der Waals surface area contributed by atoms with Crippen molar-refractivity contribution in [2.75, 3.05) is 31.6 Å². The maximum Gasteiger partial charge on any atom is 0.240 e. The maximum absolute atomic E-state index is 12.3. The van der Waals surface area contributed by atoms with Gasteiger partial charge in [-0.3, -0.25) is 4.79 Å². The van der Waals surface area contributed by atoms with Gasteiger partial charge in [0.15, 0.2) is 0 Å². The average Bonchev–Trinajstić information content (AvgIpc) is 2.64. The SMILES string of the molecule is Cc1ccc(S(=O)(=O)NCCC(=O)NCCN(C)c2ccccc2)cc1C. The summed E-state index contributed by atoms with van der Waals surface area (Å²) in [6.45, 7) is 5.03. The Labute approximate surface area is 161 Å². The van der Waals surface area contributed by atoms with Gasteiger partial charge in [0.2, 0.25) is 15.9 Å². The predicted octanol–water partition coefficient (Wildman–Crippen LogP) is 2.22. The molecule has 0 bridgehead atoms. The summed E-state index contributed by atoms with van der Waals surface area (Å²) in [6.07, 6.45) is 0.0964. The van der Waals surface area contributed by atoms with Gasteiger partial charge in [0.05, 0.1) is 4.90 Å². The molecule has 1 amide bonds. The Hall–Kier alpha value is -2.38. The van der Waals surface area contributed by atoms with Gasteiger partial charge in [-0.15, -0.1) is 0 Å². The van der Waals surface area contributed by atoms with Gasteiger partial charge in [0.25, 0.3) is 0 Å². The lowest BCUT2D eigenvalue weighted by Crippen LogP contribution is -2.35. The van der Waals surface area contributed by atoms with Crippen LogP contribution in [0.3, 0.4) is 0 Å². The largest absolute Gasteiger partial charge is 0.373 e. The Kier molecular flexibility index (Phi) is 7.38. The molecule has 0 heterocycles. The Morgan fingerprint density at radius 3 is 2.37 bits per heavy atom. The lowest BCUT2D eigenvalue weighted by atomic mass is 10.1. The lowest BCUT2D eigenvalue weighted by molar-refractivity contribution is -0.120. The Morgan fingerprint density at radius 2 is 1.70 bits per heavy atom. The highest BCUT2D eigenvalue weighted by Crippen LogP contribution is 2.14. The van der Waals surface area contributed by atoms with Gasteiger partial charge in [-0.2, -0.15) is 0 Å².